The molecule has 0 saturated heterocycles. The molecular weight excluding hydrogens is 216 g/mol. The van der Waals surface area contributed by atoms with Gasteiger partial charge in [-0.25, -0.2) is 0 Å². The molecule has 0 bridgehead atoms. The van der Waals surface area contributed by atoms with Crippen LogP contribution in [-0.2, 0) is 14.4 Å². The maximum atomic E-state index is 11.5. The van der Waals surface area contributed by atoms with Crippen LogP contribution in [0, 0.1) is 5.92 Å². The summed E-state index contributed by atoms with van der Waals surface area (Å²) in [6.45, 7) is 5.37. The summed E-state index contributed by atoms with van der Waals surface area (Å²) in [4.78, 5) is 33.6. The number of rotatable bonds is 10. The van der Waals surface area contributed by atoms with Gasteiger partial charge in [0.25, 0.3) is 0 Å². The lowest BCUT2D eigenvalue weighted by Crippen LogP contribution is -2.17. The fraction of sp³-hybridized carbons (Fsp3) is 0.786. The molecule has 17 heavy (non-hydrogen) atoms. The summed E-state index contributed by atoms with van der Waals surface area (Å²) in [6, 6.07) is 0. The molecule has 0 rings (SSSR count). The molecule has 0 radical (unpaired) electrons. The predicted molar refractivity (Wildman–Crippen MR) is 67.9 cm³/mol. The van der Waals surface area contributed by atoms with E-state index in [1.807, 2.05) is 0 Å². The minimum Gasteiger partial charge on any atom is -0.300 e. The van der Waals surface area contributed by atoms with Crippen molar-refractivity contribution < 1.29 is 14.4 Å². The van der Waals surface area contributed by atoms with Crippen LogP contribution in [0.25, 0.3) is 0 Å². The Hall–Kier alpha value is -0.990. The van der Waals surface area contributed by atoms with Gasteiger partial charge in [-0.3, -0.25) is 9.59 Å². The van der Waals surface area contributed by atoms with Crippen LogP contribution in [0.3, 0.4) is 0 Å². The average molecular weight is 240 g/mol. The van der Waals surface area contributed by atoms with Crippen molar-refractivity contribution in [1.82, 2.24) is 0 Å². The lowest BCUT2D eigenvalue weighted by Gasteiger charge is -2.14. The highest BCUT2D eigenvalue weighted by molar-refractivity contribution is 6.37. The van der Waals surface area contributed by atoms with Crippen LogP contribution >= 0.6 is 0 Å². The minimum absolute atomic E-state index is 0.191. The zero-order chi connectivity index (χ0) is 13.3. The Morgan fingerprint density at radius 2 is 1.65 bits per heavy atom. The largest absolute Gasteiger partial charge is 0.300 e. The number of hydrogen-bond acceptors (Lipinski definition) is 3. The molecule has 0 heterocycles. The summed E-state index contributed by atoms with van der Waals surface area (Å²) in [7, 11) is 0. The van der Waals surface area contributed by atoms with Crippen LogP contribution in [0.15, 0.2) is 0 Å². The lowest BCUT2D eigenvalue weighted by atomic mass is 9.90. The Balaban J connectivity index is 4.09. The summed E-state index contributed by atoms with van der Waals surface area (Å²) in [5.74, 6) is -0.0509. The smallest absolute Gasteiger partial charge is 0.198 e. The van der Waals surface area contributed by atoms with Crippen molar-refractivity contribution in [2.75, 3.05) is 0 Å². The molecule has 0 aliphatic carbocycles. The predicted octanol–water partition coefficient (Wildman–Crippen LogP) is 3.10. The van der Waals surface area contributed by atoms with E-state index in [9.17, 15) is 14.4 Å². The van der Waals surface area contributed by atoms with Gasteiger partial charge < -0.3 is 4.79 Å². The molecular formula is C14H24O3. The highest BCUT2D eigenvalue weighted by atomic mass is 16.2. The van der Waals surface area contributed by atoms with Gasteiger partial charge in [-0.1, -0.05) is 26.7 Å². The third kappa shape index (κ3) is 7.83. The summed E-state index contributed by atoms with van der Waals surface area (Å²) in [5.41, 5.74) is 0. The standard InChI is InChI=1S/C14H24O3/c1-4-7-12(9-6-8-11(3)15)10-14(17)13(16)5-2/h12H,4-10H2,1-3H3/t12-/m0/s1. The van der Waals surface area contributed by atoms with Crippen molar-refractivity contribution in [2.45, 2.75) is 65.7 Å². The maximum Gasteiger partial charge on any atom is 0.198 e. The third-order valence-corrected chi connectivity index (χ3v) is 2.94. The van der Waals surface area contributed by atoms with Crippen LogP contribution in [0.4, 0.5) is 0 Å². The van der Waals surface area contributed by atoms with Gasteiger partial charge in [-0.15, -0.1) is 0 Å². The molecule has 0 fully saturated rings. The second-order valence-electron chi connectivity index (χ2n) is 4.65. The molecule has 0 aromatic carbocycles. The van der Waals surface area contributed by atoms with E-state index < -0.39 is 0 Å². The van der Waals surface area contributed by atoms with E-state index in [-0.39, 0.29) is 23.3 Å². The van der Waals surface area contributed by atoms with Gasteiger partial charge in [0.15, 0.2) is 11.6 Å². The number of ketones is 3. The summed E-state index contributed by atoms with van der Waals surface area (Å²) >= 11 is 0. The normalized spacial score (nSPS) is 12.2. The zero-order valence-electron chi connectivity index (χ0n) is 11.3. The fourth-order valence-corrected chi connectivity index (χ4v) is 1.97. The van der Waals surface area contributed by atoms with Gasteiger partial charge in [0, 0.05) is 19.3 Å². The van der Waals surface area contributed by atoms with Gasteiger partial charge >= 0.3 is 0 Å². The topological polar surface area (TPSA) is 51.2 Å². The van der Waals surface area contributed by atoms with E-state index in [0.717, 1.165) is 25.7 Å². The van der Waals surface area contributed by atoms with Crippen molar-refractivity contribution in [1.29, 1.82) is 0 Å². The molecule has 0 N–H and O–H groups in total. The Morgan fingerprint density at radius 1 is 1.00 bits per heavy atom. The van der Waals surface area contributed by atoms with Gasteiger partial charge in [0.05, 0.1) is 0 Å². The minimum atomic E-state index is -0.266. The van der Waals surface area contributed by atoms with Crippen molar-refractivity contribution in [2.24, 2.45) is 5.92 Å². The molecule has 1 atom stereocenters. The van der Waals surface area contributed by atoms with E-state index in [1.165, 1.54) is 0 Å². The molecule has 0 amide bonds. The summed E-state index contributed by atoms with van der Waals surface area (Å²) in [5, 5.41) is 0. The number of carbonyl (C=O) groups is 3. The van der Waals surface area contributed by atoms with Crippen molar-refractivity contribution in [3.05, 3.63) is 0 Å². The van der Waals surface area contributed by atoms with Crippen molar-refractivity contribution >= 4 is 17.3 Å². The molecule has 0 aromatic rings. The van der Waals surface area contributed by atoms with Crippen LogP contribution in [-0.4, -0.2) is 17.3 Å². The molecule has 0 unspecified atom stereocenters. The van der Waals surface area contributed by atoms with Crippen molar-refractivity contribution in [3.8, 4) is 0 Å². The Kier molecular flexibility index (Phi) is 8.55. The van der Waals surface area contributed by atoms with Gasteiger partial charge in [0.2, 0.25) is 0 Å². The first kappa shape index (κ1) is 16.0. The molecule has 0 aliphatic heterocycles. The van der Waals surface area contributed by atoms with Crippen LogP contribution < -0.4 is 0 Å². The van der Waals surface area contributed by atoms with E-state index in [1.54, 1.807) is 13.8 Å². The highest BCUT2D eigenvalue weighted by Crippen LogP contribution is 2.19. The van der Waals surface area contributed by atoms with Gasteiger partial charge in [0.1, 0.15) is 5.78 Å². The summed E-state index contributed by atoms with van der Waals surface area (Å²) in [6.07, 6.45) is 4.91. The Morgan fingerprint density at radius 3 is 2.12 bits per heavy atom. The van der Waals surface area contributed by atoms with Crippen molar-refractivity contribution in [3.63, 3.8) is 0 Å². The lowest BCUT2D eigenvalue weighted by molar-refractivity contribution is -0.137. The number of Topliss-reactive ketones (excluding diaryl/α,β-unsaturated/α-hetero) is 3. The van der Waals surface area contributed by atoms with E-state index in [2.05, 4.69) is 6.92 Å². The molecule has 98 valence electrons. The van der Waals surface area contributed by atoms with Crippen LogP contribution in [0.5, 0.6) is 0 Å². The molecule has 0 aliphatic rings. The van der Waals surface area contributed by atoms with E-state index in [4.69, 9.17) is 0 Å². The Labute approximate surface area is 104 Å². The first-order valence-electron chi connectivity index (χ1n) is 6.56. The SMILES string of the molecule is CCC[C@@H](CCCC(C)=O)CC(=O)C(=O)CC. The van der Waals surface area contributed by atoms with Gasteiger partial charge in [-0.2, -0.15) is 0 Å². The van der Waals surface area contributed by atoms with Crippen LogP contribution in [0.2, 0.25) is 0 Å². The zero-order valence-corrected chi connectivity index (χ0v) is 11.3. The monoisotopic (exact) mass is 240 g/mol. The second-order valence-corrected chi connectivity index (χ2v) is 4.65. The second kappa shape index (κ2) is 9.08. The maximum absolute atomic E-state index is 11.5. The average Bonchev–Trinajstić information content (AvgIpc) is 2.27. The molecule has 3 heteroatoms. The summed E-state index contributed by atoms with van der Waals surface area (Å²) < 4.78 is 0. The van der Waals surface area contributed by atoms with E-state index in [0.29, 0.717) is 19.3 Å². The molecule has 0 spiro atoms. The first-order chi connectivity index (χ1) is 8.01. The highest BCUT2D eigenvalue weighted by Gasteiger charge is 2.17. The first-order valence-corrected chi connectivity index (χ1v) is 6.56. The number of carbonyl (C=O) groups excluding carboxylic acids is 3. The molecule has 0 aromatic heterocycles. The van der Waals surface area contributed by atoms with Gasteiger partial charge in [-0.05, 0) is 25.7 Å². The molecule has 3 nitrogen and oxygen atoms in total. The fourth-order valence-electron chi connectivity index (χ4n) is 1.97. The molecule has 0 saturated carbocycles. The van der Waals surface area contributed by atoms with E-state index >= 15 is 0 Å². The Bertz CT molecular complexity index is 269. The quantitative estimate of drug-likeness (QED) is 0.551. The number of hydrogen-bond donors (Lipinski definition) is 0. The third-order valence-electron chi connectivity index (χ3n) is 2.94. The van der Waals surface area contributed by atoms with Crippen LogP contribution in [0.1, 0.15) is 65.7 Å².